The van der Waals surface area contributed by atoms with Crippen molar-refractivity contribution in [2.45, 2.75) is 51.3 Å². The van der Waals surface area contributed by atoms with E-state index in [1.807, 2.05) is 50.2 Å². The van der Waals surface area contributed by atoms with E-state index < -0.39 is 12.1 Å². The molecule has 3 atom stereocenters. The van der Waals surface area contributed by atoms with Crippen molar-refractivity contribution < 1.29 is 19.1 Å². The number of benzene rings is 1. The van der Waals surface area contributed by atoms with Crippen LogP contribution in [0.5, 0.6) is 0 Å². The minimum Gasteiger partial charge on any atom is -0.368 e. The second kappa shape index (κ2) is 9.32. The van der Waals surface area contributed by atoms with Gasteiger partial charge in [0, 0.05) is 11.4 Å². The average Bonchev–Trinajstić information content (AvgIpc) is 3.41. The Kier molecular flexibility index (Phi) is 6.53. The lowest BCUT2D eigenvalue weighted by Crippen LogP contribution is -2.58. The van der Waals surface area contributed by atoms with E-state index in [0.717, 1.165) is 23.3 Å². The molecule has 31 heavy (non-hydrogen) atoms. The van der Waals surface area contributed by atoms with Crippen molar-refractivity contribution in [1.29, 1.82) is 0 Å². The molecule has 2 fully saturated rings. The Morgan fingerprint density at radius 2 is 1.97 bits per heavy atom. The van der Waals surface area contributed by atoms with Gasteiger partial charge < -0.3 is 15.0 Å². The van der Waals surface area contributed by atoms with Crippen LogP contribution in [0.2, 0.25) is 0 Å². The number of nitrogens with one attached hydrogen (secondary N) is 1. The van der Waals surface area contributed by atoms with Gasteiger partial charge in [-0.15, -0.1) is 11.3 Å². The molecule has 0 saturated carbocycles. The highest BCUT2D eigenvalue weighted by Crippen LogP contribution is 2.29. The summed E-state index contributed by atoms with van der Waals surface area (Å²) >= 11 is 1.41. The summed E-state index contributed by atoms with van der Waals surface area (Å²) in [5, 5.41) is 2.95. The normalized spacial score (nSPS) is 21.8. The van der Waals surface area contributed by atoms with Crippen LogP contribution in [-0.4, -0.2) is 53.8 Å². The first-order valence-electron chi connectivity index (χ1n) is 10.8. The molecule has 2 aliphatic rings. The minimum atomic E-state index is -0.665. The zero-order valence-corrected chi connectivity index (χ0v) is 18.7. The molecule has 1 aromatic heterocycles. The van der Waals surface area contributed by atoms with Gasteiger partial charge in [-0.1, -0.05) is 44.2 Å². The van der Waals surface area contributed by atoms with E-state index >= 15 is 0 Å². The van der Waals surface area contributed by atoms with E-state index in [1.54, 1.807) is 11.0 Å². The summed E-state index contributed by atoms with van der Waals surface area (Å²) in [7, 11) is 0. The van der Waals surface area contributed by atoms with Crippen LogP contribution in [0.1, 0.15) is 42.8 Å². The number of ketones is 1. The zero-order chi connectivity index (χ0) is 22.0. The van der Waals surface area contributed by atoms with Crippen molar-refractivity contribution in [1.82, 2.24) is 10.2 Å². The molecule has 1 N–H and O–H groups in total. The molecule has 0 aliphatic carbocycles. The van der Waals surface area contributed by atoms with Crippen LogP contribution >= 0.6 is 11.3 Å². The molecule has 2 aliphatic heterocycles. The Morgan fingerprint density at radius 3 is 2.71 bits per heavy atom. The maximum atomic E-state index is 13.4. The maximum absolute atomic E-state index is 13.4. The number of amides is 2. The molecule has 3 unspecified atom stereocenters. The number of hydrogen-bond donors (Lipinski definition) is 1. The second-order valence-corrected chi connectivity index (χ2v) is 9.70. The Morgan fingerprint density at radius 1 is 1.19 bits per heavy atom. The predicted octanol–water partition coefficient (Wildman–Crippen LogP) is 3.52. The molecular formula is C24H28N2O4S. The number of ether oxygens (including phenoxy) is 1. The Balaban J connectivity index is 1.50. The number of hydrogen-bond acceptors (Lipinski definition) is 5. The van der Waals surface area contributed by atoms with Crippen LogP contribution in [0.4, 0.5) is 0 Å². The van der Waals surface area contributed by atoms with E-state index in [-0.39, 0.29) is 36.2 Å². The number of carbonyl (C=O) groups is 3. The van der Waals surface area contributed by atoms with Gasteiger partial charge in [0.1, 0.15) is 18.7 Å². The fourth-order valence-corrected chi connectivity index (χ4v) is 5.29. The highest BCUT2D eigenvalue weighted by molar-refractivity contribution is 7.17. The van der Waals surface area contributed by atoms with Gasteiger partial charge in [0.25, 0.3) is 5.91 Å². The van der Waals surface area contributed by atoms with E-state index in [1.165, 1.54) is 11.3 Å². The monoisotopic (exact) mass is 440 g/mol. The molecule has 4 rings (SSSR count). The van der Waals surface area contributed by atoms with Crippen molar-refractivity contribution in [3.05, 3.63) is 47.3 Å². The molecule has 6 nitrogen and oxygen atoms in total. The molecular weight excluding hydrogens is 412 g/mol. The van der Waals surface area contributed by atoms with Gasteiger partial charge in [0.05, 0.1) is 11.0 Å². The molecule has 0 radical (unpaired) electrons. The predicted molar refractivity (Wildman–Crippen MR) is 120 cm³/mol. The molecule has 2 aromatic rings. The molecule has 164 valence electrons. The third-order valence-electron chi connectivity index (χ3n) is 5.83. The molecule has 2 saturated heterocycles. The van der Waals surface area contributed by atoms with Crippen LogP contribution in [0.15, 0.2) is 42.5 Å². The van der Waals surface area contributed by atoms with E-state index in [0.29, 0.717) is 17.8 Å². The summed E-state index contributed by atoms with van der Waals surface area (Å²) in [6.45, 7) is 4.64. The average molecular weight is 441 g/mol. The highest BCUT2D eigenvalue weighted by Gasteiger charge is 2.45. The summed E-state index contributed by atoms with van der Waals surface area (Å²) in [5.74, 6) is -0.267. The standard InChI is InChI=1S/C24H28N2O4S/c1-15(2)13-17(24(29)26-12-6-9-19-22(26)18(27)14-30-19)25-23(28)21-11-10-20(31-21)16-7-4-3-5-8-16/h3-5,7-8,10-11,15,17,19,22H,6,9,12-14H2,1-2H3,(H,25,28). The van der Waals surface area contributed by atoms with Crippen LogP contribution in [0.3, 0.4) is 0 Å². The van der Waals surface area contributed by atoms with E-state index in [2.05, 4.69) is 5.32 Å². The number of rotatable bonds is 6. The summed E-state index contributed by atoms with van der Waals surface area (Å²) < 4.78 is 5.58. The fraction of sp³-hybridized carbons (Fsp3) is 0.458. The first kappa shape index (κ1) is 21.7. The van der Waals surface area contributed by atoms with Crippen molar-refractivity contribution in [2.75, 3.05) is 13.2 Å². The molecule has 1 aromatic carbocycles. The van der Waals surface area contributed by atoms with Crippen LogP contribution < -0.4 is 5.32 Å². The number of likely N-dealkylation sites (tertiary alicyclic amines) is 1. The Hall–Kier alpha value is -2.51. The molecule has 7 heteroatoms. The van der Waals surface area contributed by atoms with E-state index in [4.69, 9.17) is 4.74 Å². The number of piperidine rings is 1. The van der Waals surface area contributed by atoms with Crippen molar-refractivity contribution in [3.63, 3.8) is 0 Å². The van der Waals surface area contributed by atoms with Crippen molar-refractivity contribution in [3.8, 4) is 10.4 Å². The first-order valence-corrected chi connectivity index (χ1v) is 11.7. The minimum absolute atomic E-state index is 0.0431. The van der Waals surface area contributed by atoms with Gasteiger partial charge in [-0.2, -0.15) is 0 Å². The lowest BCUT2D eigenvalue weighted by molar-refractivity contribution is -0.142. The van der Waals surface area contributed by atoms with Crippen LogP contribution in [-0.2, 0) is 14.3 Å². The Bertz CT molecular complexity index is 955. The molecule has 2 amide bonds. The van der Waals surface area contributed by atoms with Crippen molar-refractivity contribution >= 4 is 28.9 Å². The number of Topliss-reactive ketones (excluding diaryl/α,β-unsaturated/α-hetero) is 1. The summed E-state index contributed by atoms with van der Waals surface area (Å²) in [5.41, 5.74) is 1.06. The van der Waals surface area contributed by atoms with Gasteiger partial charge in [-0.25, -0.2) is 0 Å². The molecule has 0 spiro atoms. The smallest absolute Gasteiger partial charge is 0.262 e. The number of carbonyl (C=O) groups excluding carboxylic acids is 3. The van der Waals surface area contributed by atoms with Gasteiger partial charge >= 0.3 is 0 Å². The SMILES string of the molecule is CC(C)CC(NC(=O)c1ccc(-c2ccccc2)s1)C(=O)N1CCCC2OCC(=O)C21. The summed E-state index contributed by atoms with van der Waals surface area (Å²) in [6.07, 6.45) is 1.89. The quantitative estimate of drug-likeness (QED) is 0.746. The number of fused-ring (bicyclic) bond motifs is 1. The number of nitrogens with zero attached hydrogens (tertiary/aromatic N) is 1. The lowest BCUT2D eigenvalue weighted by Gasteiger charge is -2.37. The lowest BCUT2D eigenvalue weighted by atomic mass is 9.95. The van der Waals surface area contributed by atoms with Gasteiger partial charge in [-0.3, -0.25) is 14.4 Å². The van der Waals surface area contributed by atoms with Crippen LogP contribution in [0.25, 0.3) is 10.4 Å². The van der Waals surface area contributed by atoms with Crippen LogP contribution in [0, 0.1) is 5.92 Å². The zero-order valence-electron chi connectivity index (χ0n) is 17.9. The van der Waals surface area contributed by atoms with E-state index in [9.17, 15) is 14.4 Å². The topological polar surface area (TPSA) is 75.7 Å². The number of thiophene rings is 1. The molecule has 0 bridgehead atoms. The third-order valence-corrected chi connectivity index (χ3v) is 6.96. The first-order chi connectivity index (χ1) is 14.9. The maximum Gasteiger partial charge on any atom is 0.262 e. The van der Waals surface area contributed by atoms with Crippen molar-refractivity contribution in [2.24, 2.45) is 5.92 Å². The largest absolute Gasteiger partial charge is 0.368 e. The third kappa shape index (κ3) is 4.72. The van der Waals surface area contributed by atoms with Gasteiger partial charge in [-0.05, 0) is 42.9 Å². The molecule has 3 heterocycles. The highest BCUT2D eigenvalue weighted by atomic mass is 32.1. The fourth-order valence-electron chi connectivity index (χ4n) is 4.38. The van der Waals surface area contributed by atoms with Gasteiger partial charge in [0.15, 0.2) is 5.78 Å². The van der Waals surface area contributed by atoms with Gasteiger partial charge in [0.2, 0.25) is 5.91 Å². The Labute approximate surface area is 186 Å². The summed E-state index contributed by atoms with van der Waals surface area (Å²) in [6, 6.07) is 12.4. The second-order valence-electron chi connectivity index (χ2n) is 8.62. The summed E-state index contributed by atoms with van der Waals surface area (Å²) in [4.78, 5) is 42.0.